The molecule has 0 aliphatic heterocycles. The third-order valence-corrected chi connectivity index (χ3v) is 3.18. The lowest BCUT2D eigenvalue weighted by molar-refractivity contribution is 0.804. The van der Waals surface area contributed by atoms with Gasteiger partial charge in [-0.25, -0.2) is 9.67 Å². The summed E-state index contributed by atoms with van der Waals surface area (Å²) >= 11 is 9.37. The van der Waals surface area contributed by atoms with Gasteiger partial charge in [0.2, 0.25) is 0 Å². The van der Waals surface area contributed by atoms with Gasteiger partial charge in [-0.05, 0) is 35.8 Å². The minimum atomic E-state index is 0.626. The van der Waals surface area contributed by atoms with Gasteiger partial charge in [0.1, 0.15) is 4.60 Å². The second kappa shape index (κ2) is 4.07. The van der Waals surface area contributed by atoms with Gasteiger partial charge < -0.3 is 5.73 Å². The number of aromatic nitrogens is 3. The van der Waals surface area contributed by atoms with E-state index in [2.05, 4.69) is 26.0 Å². The van der Waals surface area contributed by atoms with Crippen LogP contribution in [-0.2, 0) is 0 Å². The minimum absolute atomic E-state index is 0.626. The summed E-state index contributed by atoms with van der Waals surface area (Å²) in [5.74, 6) is 0.652. The summed E-state index contributed by atoms with van der Waals surface area (Å²) in [5.41, 5.74) is 8.00. The Morgan fingerprint density at radius 2 is 2.06 bits per heavy atom. The molecule has 4 nitrogen and oxygen atoms in total. The molecule has 2 aromatic rings. The van der Waals surface area contributed by atoms with Crippen LogP contribution in [0.5, 0.6) is 0 Å². The quantitative estimate of drug-likeness (QED) is 0.824. The summed E-state index contributed by atoms with van der Waals surface area (Å²) in [6, 6.07) is 3.48. The van der Waals surface area contributed by atoms with E-state index >= 15 is 0 Å². The summed E-state index contributed by atoms with van der Waals surface area (Å²) in [6.45, 7) is 3.74. The molecular formula is C10H10BrClN4. The van der Waals surface area contributed by atoms with Gasteiger partial charge in [0, 0.05) is 11.8 Å². The lowest BCUT2D eigenvalue weighted by Gasteiger charge is -2.05. The molecule has 0 saturated carbocycles. The van der Waals surface area contributed by atoms with Crippen molar-refractivity contribution in [2.45, 2.75) is 13.8 Å². The second-order valence-corrected chi connectivity index (χ2v) is 4.67. The number of halogens is 2. The maximum absolute atomic E-state index is 6.07. The number of rotatable bonds is 1. The predicted octanol–water partition coefficient (Wildman–Crippen LogP) is 2.88. The molecule has 6 heteroatoms. The number of hydrogen-bond donors (Lipinski definition) is 1. The van der Waals surface area contributed by atoms with E-state index in [4.69, 9.17) is 17.3 Å². The molecule has 0 aromatic carbocycles. The lowest BCUT2D eigenvalue weighted by atomic mass is 10.4. The van der Waals surface area contributed by atoms with E-state index in [1.807, 2.05) is 13.8 Å². The van der Waals surface area contributed by atoms with E-state index in [0.29, 0.717) is 21.1 Å². The number of anilines is 1. The van der Waals surface area contributed by atoms with Gasteiger partial charge in [-0.2, -0.15) is 5.10 Å². The summed E-state index contributed by atoms with van der Waals surface area (Å²) < 4.78 is 2.35. The van der Waals surface area contributed by atoms with E-state index in [1.54, 1.807) is 16.8 Å². The van der Waals surface area contributed by atoms with E-state index in [1.165, 1.54) is 0 Å². The van der Waals surface area contributed by atoms with Crippen molar-refractivity contribution in [3.63, 3.8) is 0 Å². The molecule has 0 aliphatic rings. The van der Waals surface area contributed by atoms with Gasteiger partial charge in [-0.15, -0.1) is 0 Å². The molecule has 0 aliphatic carbocycles. The Morgan fingerprint density at radius 1 is 1.38 bits per heavy atom. The summed E-state index contributed by atoms with van der Waals surface area (Å²) in [5, 5.41) is 4.96. The number of nitrogens with two attached hydrogens (primary N) is 1. The maximum atomic E-state index is 6.07. The Labute approximate surface area is 107 Å². The van der Waals surface area contributed by atoms with Gasteiger partial charge >= 0.3 is 0 Å². The number of pyridine rings is 1. The van der Waals surface area contributed by atoms with Crippen LogP contribution < -0.4 is 5.73 Å². The molecule has 0 radical (unpaired) electrons. The zero-order chi connectivity index (χ0) is 11.9. The van der Waals surface area contributed by atoms with Crippen molar-refractivity contribution in [3.8, 4) is 5.82 Å². The molecule has 2 aromatic heterocycles. The van der Waals surface area contributed by atoms with Crippen molar-refractivity contribution in [1.29, 1.82) is 0 Å². The maximum Gasteiger partial charge on any atom is 0.157 e. The third kappa shape index (κ3) is 1.92. The molecule has 2 N–H and O–H groups in total. The topological polar surface area (TPSA) is 56.7 Å². The van der Waals surface area contributed by atoms with Crippen molar-refractivity contribution < 1.29 is 0 Å². The smallest absolute Gasteiger partial charge is 0.157 e. The summed E-state index contributed by atoms with van der Waals surface area (Å²) in [7, 11) is 0. The van der Waals surface area contributed by atoms with Crippen LogP contribution in [-0.4, -0.2) is 14.8 Å². The van der Waals surface area contributed by atoms with Crippen molar-refractivity contribution in [1.82, 2.24) is 14.8 Å². The van der Waals surface area contributed by atoms with Crippen molar-refractivity contribution in [2.24, 2.45) is 0 Å². The standard InChI is InChI=1S/C10H10BrClN4/c1-5-10(12)6(2)16(15-5)9-4-7(13)3-8(11)14-9/h3-4H,1-2H3,(H2,13,14). The van der Waals surface area contributed by atoms with Crippen molar-refractivity contribution in [3.05, 3.63) is 33.1 Å². The van der Waals surface area contributed by atoms with Crippen LogP contribution in [0.2, 0.25) is 5.02 Å². The highest BCUT2D eigenvalue weighted by Crippen LogP contribution is 2.23. The fraction of sp³-hybridized carbons (Fsp3) is 0.200. The van der Waals surface area contributed by atoms with Crippen molar-refractivity contribution >= 4 is 33.2 Å². The first-order valence-corrected chi connectivity index (χ1v) is 5.81. The second-order valence-electron chi connectivity index (χ2n) is 3.48. The van der Waals surface area contributed by atoms with Gasteiger partial charge in [-0.3, -0.25) is 0 Å². The molecule has 0 bridgehead atoms. The van der Waals surface area contributed by atoms with Crippen LogP contribution in [0.25, 0.3) is 5.82 Å². The number of aryl methyl sites for hydroxylation is 1. The largest absolute Gasteiger partial charge is 0.399 e. The van der Waals surface area contributed by atoms with Crippen molar-refractivity contribution in [2.75, 3.05) is 5.73 Å². The molecule has 0 fully saturated rings. The Hall–Kier alpha value is -1.07. The first kappa shape index (κ1) is 11.4. The minimum Gasteiger partial charge on any atom is -0.399 e. The summed E-state index contributed by atoms with van der Waals surface area (Å²) in [6.07, 6.45) is 0. The molecule has 0 atom stereocenters. The van der Waals surface area contributed by atoms with E-state index in [-0.39, 0.29) is 0 Å². The zero-order valence-corrected chi connectivity index (χ0v) is 11.2. The number of nitrogens with zero attached hydrogens (tertiary/aromatic N) is 3. The highest BCUT2D eigenvalue weighted by molar-refractivity contribution is 9.10. The van der Waals surface area contributed by atoms with Gasteiger partial charge in [0.15, 0.2) is 5.82 Å². The van der Waals surface area contributed by atoms with Crippen LogP contribution in [0, 0.1) is 13.8 Å². The molecule has 2 heterocycles. The zero-order valence-electron chi connectivity index (χ0n) is 8.83. The number of hydrogen-bond acceptors (Lipinski definition) is 3. The molecule has 0 spiro atoms. The molecule has 0 amide bonds. The predicted molar refractivity (Wildman–Crippen MR) is 68.0 cm³/mol. The highest BCUT2D eigenvalue weighted by Gasteiger charge is 2.12. The Morgan fingerprint density at radius 3 is 2.56 bits per heavy atom. The van der Waals surface area contributed by atoms with Gasteiger partial charge in [0.25, 0.3) is 0 Å². The van der Waals surface area contributed by atoms with Gasteiger partial charge in [0.05, 0.1) is 16.4 Å². The normalized spacial score (nSPS) is 10.8. The van der Waals surface area contributed by atoms with E-state index in [9.17, 15) is 0 Å². The SMILES string of the molecule is Cc1nn(-c2cc(N)cc(Br)n2)c(C)c1Cl. The van der Waals surface area contributed by atoms with Gasteiger partial charge in [-0.1, -0.05) is 11.6 Å². The average molecular weight is 302 g/mol. The molecule has 2 rings (SSSR count). The molecular weight excluding hydrogens is 291 g/mol. The van der Waals surface area contributed by atoms with E-state index < -0.39 is 0 Å². The molecule has 0 saturated heterocycles. The van der Waals surface area contributed by atoms with Crippen LogP contribution in [0.4, 0.5) is 5.69 Å². The first-order chi connectivity index (χ1) is 7.49. The molecule has 0 unspecified atom stereocenters. The van der Waals surface area contributed by atoms with E-state index in [0.717, 1.165) is 11.4 Å². The number of nitrogen functional groups attached to an aromatic ring is 1. The molecule has 16 heavy (non-hydrogen) atoms. The average Bonchev–Trinajstić information content (AvgIpc) is 2.44. The fourth-order valence-electron chi connectivity index (χ4n) is 1.46. The third-order valence-electron chi connectivity index (χ3n) is 2.22. The van der Waals surface area contributed by atoms with Crippen LogP contribution in [0.3, 0.4) is 0 Å². The first-order valence-electron chi connectivity index (χ1n) is 4.64. The Bertz CT molecular complexity index is 530. The Kier molecular flexibility index (Phi) is 2.90. The Balaban J connectivity index is 2.62. The van der Waals surface area contributed by atoms with Crippen LogP contribution >= 0.6 is 27.5 Å². The summed E-state index contributed by atoms with van der Waals surface area (Å²) in [4.78, 5) is 4.30. The molecule has 84 valence electrons. The highest BCUT2D eigenvalue weighted by atomic mass is 79.9. The van der Waals surface area contributed by atoms with Crippen LogP contribution in [0.1, 0.15) is 11.4 Å². The fourth-order valence-corrected chi connectivity index (χ4v) is 2.02. The monoisotopic (exact) mass is 300 g/mol. The van der Waals surface area contributed by atoms with Crippen LogP contribution in [0.15, 0.2) is 16.7 Å². The lowest BCUT2D eigenvalue weighted by Crippen LogP contribution is -2.03.